The maximum Gasteiger partial charge on any atom is 0.254 e. The van der Waals surface area contributed by atoms with Gasteiger partial charge in [-0.15, -0.1) is 11.8 Å². The Bertz CT molecular complexity index is 637. The van der Waals surface area contributed by atoms with Gasteiger partial charge in [-0.3, -0.25) is 4.79 Å². The number of hydrogen-bond acceptors (Lipinski definition) is 4. The van der Waals surface area contributed by atoms with Crippen LogP contribution >= 0.6 is 23.4 Å². The number of carbonyl (C=O) groups excluding carboxylic acids is 1. The van der Waals surface area contributed by atoms with E-state index >= 15 is 0 Å². The fourth-order valence-corrected chi connectivity index (χ4v) is 2.59. The lowest BCUT2D eigenvalue weighted by molar-refractivity contribution is 0.0912. The van der Waals surface area contributed by atoms with Gasteiger partial charge < -0.3 is 10.4 Å². The maximum absolute atomic E-state index is 12.1. The standard InChI is InChI=1S/C15H15ClN2O2S/c1-21-15-12(6-3-7-17-15)14(20)18-9-13(19)10-4-2-5-11(16)8-10/h2-8,13,19H,9H2,1H3,(H,18,20)/t13-/m0/s1. The number of halogens is 1. The molecule has 0 saturated carbocycles. The molecule has 1 amide bonds. The summed E-state index contributed by atoms with van der Waals surface area (Å²) in [6.45, 7) is 0.113. The lowest BCUT2D eigenvalue weighted by Gasteiger charge is -2.13. The van der Waals surface area contributed by atoms with Crippen molar-refractivity contribution in [2.75, 3.05) is 12.8 Å². The van der Waals surface area contributed by atoms with E-state index in [2.05, 4.69) is 10.3 Å². The molecular weight excluding hydrogens is 308 g/mol. The van der Waals surface area contributed by atoms with Crippen LogP contribution < -0.4 is 5.32 Å². The number of amides is 1. The molecule has 1 heterocycles. The molecule has 1 atom stereocenters. The van der Waals surface area contributed by atoms with Crippen molar-refractivity contribution < 1.29 is 9.90 Å². The van der Waals surface area contributed by atoms with Crippen LogP contribution in [0.3, 0.4) is 0 Å². The van der Waals surface area contributed by atoms with Crippen LogP contribution in [0.5, 0.6) is 0 Å². The first-order valence-corrected chi connectivity index (χ1v) is 7.93. The molecule has 2 aromatic rings. The molecule has 2 N–H and O–H groups in total. The summed E-state index contributed by atoms with van der Waals surface area (Å²) in [5.74, 6) is -0.256. The Balaban J connectivity index is 2.01. The molecule has 0 unspecified atom stereocenters. The second-order valence-corrected chi connectivity index (χ2v) is 5.57. The van der Waals surface area contributed by atoms with E-state index in [1.807, 2.05) is 6.26 Å². The first-order valence-electron chi connectivity index (χ1n) is 6.32. The molecule has 4 nitrogen and oxygen atoms in total. The van der Waals surface area contributed by atoms with Crippen molar-refractivity contribution in [3.8, 4) is 0 Å². The number of aliphatic hydroxyl groups is 1. The number of pyridine rings is 1. The number of rotatable bonds is 5. The summed E-state index contributed by atoms with van der Waals surface area (Å²) in [5, 5.41) is 14.0. The zero-order chi connectivity index (χ0) is 15.2. The van der Waals surface area contributed by atoms with E-state index in [1.165, 1.54) is 11.8 Å². The van der Waals surface area contributed by atoms with Crippen LogP contribution in [0, 0.1) is 0 Å². The summed E-state index contributed by atoms with van der Waals surface area (Å²) < 4.78 is 0. The number of nitrogens with zero attached hydrogens (tertiary/aromatic N) is 1. The molecule has 0 radical (unpaired) electrons. The van der Waals surface area contributed by atoms with E-state index in [0.717, 1.165) is 0 Å². The van der Waals surface area contributed by atoms with E-state index < -0.39 is 6.10 Å². The van der Waals surface area contributed by atoms with E-state index in [-0.39, 0.29) is 12.5 Å². The first-order chi connectivity index (χ1) is 10.1. The topological polar surface area (TPSA) is 62.2 Å². The average Bonchev–Trinajstić information content (AvgIpc) is 2.52. The summed E-state index contributed by atoms with van der Waals surface area (Å²) >= 11 is 7.28. The maximum atomic E-state index is 12.1. The Hall–Kier alpha value is -1.56. The smallest absolute Gasteiger partial charge is 0.254 e. The van der Waals surface area contributed by atoms with Crippen molar-refractivity contribution in [2.24, 2.45) is 0 Å². The largest absolute Gasteiger partial charge is 0.387 e. The van der Waals surface area contributed by atoms with Crippen molar-refractivity contribution in [1.29, 1.82) is 0 Å². The Kier molecular flexibility index (Phi) is 5.61. The molecular formula is C15H15ClN2O2S. The van der Waals surface area contributed by atoms with Gasteiger partial charge in [0.2, 0.25) is 0 Å². The Morgan fingerprint density at radius 2 is 2.24 bits per heavy atom. The average molecular weight is 323 g/mol. The summed E-state index contributed by atoms with van der Waals surface area (Å²) in [5.41, 5.74) is 1.17. The van der Waals surface area contributed by atoms with Crippen LogP contribution in [0.25, 0.3) is 0 Å². The summed E-state index contributed by atoms with van der Waals surface area (Å²) in [7, 11) is 0. The van der Waals surface area contributed by atoms with E-state index in [1.54, 1.807) is 42.6 Å². The van der Waals surface area contributed by atoms with Gasteiger partial charge in [-0.05, 0) is 36.1 Å². The highest BCUT2D eigenvalue weighted by Gasteiger charge is 2.14. The monoisotopic (exact) mass is 322 g/mol. The number of aromatic nitrogens is 1. The summed E-state index contributed by atoms with van der Waals surface area (Å²) in [4.78, 5) is 16.3. The molecule has 0 saturated heterocycles. The number of thioether (sulfide) groups is 1. The van der Waals surface area contributed by atoms with Gasteiger partial charge in [0.15, 0.2) is 0 Å². The van der Waals surface area contributed by atoms with Crippen molar-refractivity contribution in [2.45, 2.75) is 11.1 Å². The molecule has 21 heavy (non-hydrogen) atoms. The van der Waals surface area contributed by atoms with Gasteiger partial charge in [0, 0.05) is 17.8 Å². The van der Waals surface area contributed by atoms with Crippen molar-refractivity contribution >= 4 is 29.3 Å². The number of aliphatic hydroxyl groups excluding tert-OH is 1. The van der Waals surface area contributed by atoms with Gasteiger partial charge in [-0.25, -0.2) is 4.98 Å². The molecule has 1 aromatic heterocycles. The van der Waals surface area contributed by atoms with Gasteiger partial charge in [0.25, 0.3) is 5.91 Å². The predicted octanol–water partition coefficient (Wildman–Crippen LogP) is 2.92. The summed E-state index contributed by atoms with van der Waals surface area (Å²) in [6, 6.07) is 10.4. The highest BCUT2D eigenvalue weighted by molar-refractivity contribution is 7.98. The van der Waals surface area contributed by atoms with Crippen LogP contribution in [0.2, 0.25) is 5.02 Å². The third-order valence-corrected chi connectivity index (χ3v) is 3.85. The molecule has 0 aliphatic rings. The quantitative estimate of drug-likeness (QED) is 0.831. The Labute approximate surface area is 132 Å². The van der Waals surface area contributed by atoms with E-state index in [0.29, 0.717) is 21.2 Å². The number of carbonyl (C=O) groups is 1. The molecule has 110 valence electrons. The second-order valence-electron chi connectivity index (χ2n) is 4.34. The highest BCUT2D eigenvalue weighted by atomic mass is 35.5. The van der Waals surface area contributed by atoms with Crippen LogP contribution in [0.15, 0.2) is 47.6 Å². The zero-order valence-electron chi connectivity index (χ0n) is 11.4. The van der Waals surface area contributed by atoms with Crippen molar-refractivity contribution in [1.82, 2.24) is 10.3 Å². The number of nitrogens with one attached hydrogen (secondary N) is 1. The second kappa shape index (κ2) is 7.45. The molecule has 6 heteroatoms. The van der Waals surface area contributed by atoms with Gasteiger partial charge in [-0.1, -0.05) is 23.7 Å². The van der Waals surface area contributed by atoms with Crippen molar-refractivity contribution in [3.05, 3.63) is 58.7 Å². The Morgan fingerprint density at radius 3 is 2.95 bits per heavy atom. The summed E-state index contributed by atoms with van der Waals surface area (Å²) in [6.07, 6.45) is 2.70. The zero-order valence-corrected chi connectivity index (χ0v) is 13.0. The van der Waals surface area contributed by atoms with Crippen LogP contribution in [0.4, 0.5) is 0 Å². The lowest BCUT2D eigenvalue weighted by Crippen LogP contribution is -2.28. The van der Waals surface area contributed by atoms with E-state index in [4.69, 9.17) is 11.6 Å². The third-order valence-electron chi connectivity index (χ3n) is 2.90. The van der Waals surface area contributed by atoms with Crippen LogP contribution in [0.1, 0.15) is 22.0 Å². The minimum atomic E-state index is -0.804. The number of hydrogen-bond donors (Lipinski definition) is 2. The fourth-order valence-electron chi connectivity index (χ4n) is 1.84. The molecule has 0 bridgehead atoms. The minimum Gasteiger partial charge on any atom is -0.387 e. The third kappa shape index (κ3) is 4.20. The van der Waals surface area contributed by atoms with Gasteiger partial charge in [-0.2, -0.15) is 0 Å². The lowest BCUT2D eigenvalue weighted by atomic mass is 10.1. The molecule has 1 aromatic carbocycles. The molecule has 0 aliphatic carbocycles. The van der Waals surface area contributed by atoms with Gasteiger partial charge >= 0.3 is 0 Å². The van der Waals surface area contributed by atoms with Crippen LogP contribution in [-0.4, -0.2) is 28.8 Å². The Morgan fingerprint density at radius 1 is 1.43 bits per heavy atom. The number of benzene rings is 1. The van der Waals surface area contributed by atoms with Crippen LogP contribution in [-0.2, 0) is 0 Å². The molecule has 0 fully saturated rings. The van der Waals surface area contributed by atoms with Crippen molar-refractivity contribution in [3.63, 3.8) is 0 Å². The molecule has 2 rings (SSSR count). The minimum absolute atomic E-state index is 0.113. The van der Waals surface area contributed by atoms with Gasteiger partial charge in [0.05, 0.1) is 11.7 Å². The van der Waals surface area contributed by atoms with E-state index in [9.17, 15) is 9.90 Å². The fraction of sp³-hybridized carbons (Fsp3) is 0.200. The predicted molar refractivity (Wildman–Crippen MR) is 84.8 cm³/mol. The normalized spacial score (nSPS) is 12.0. The highest BCUT2D eigenvalue weighted by Crippen LogP contribution is 2.19. The first kappa shape index (κ1) is 15.8. The van der Waals surface area contributed by atoms with Gasteiger partial charge in [0.1, 0.15) is 5.03 Å². The molecule has 0 aliphatic heterocycles. The SMILES string of the molecule is CSc1ncccc1C(=O)NC[C@H](O)c1cccc(Cl)c1. The molecule has 0 spiro atoms.